The number of hydrogen-bond donors (Lipinski definition) is 1. The van der Waals surface area contributed by atoms with Gasteiger partial charge in [-0.25, -0.2) is 0 Å². The molecule has 120 valence electrons. The van der Waals surface area contributed by atoms with E-state index in [0.717, 1.165) is 31.4 Å². The number of carbonyl (C=O) groups is 1. The van der Waals surface area contributed by atoms with Gasteiger partial charge in [0, 0.05) is 6.42 Å². The summed E-state index contributed by atoms with van der Waals surface area (Å²) in [7, 11) is 0. The third-order valence-corrected chi connectivity index (χ3v) is 3.77. The molecule has 0 unspecified atom stereocenters. The molecule has 3 nitrogen and oxygen atoms in total. The van der Waals surface area contributed by atoms with Gasteiger partial charge in [0.25, 0.3) is 0 Å². The van der Waals surface area contributed by atoms with E-state index in [1.165, 1.54) is 38.5 Å². The second-order valence-corrected chi connectivity index (χ2v) is 5.80. The largest absolute Gasteiger partial charge is 0.483 e. The van der Waals surface area contributed by atoms with Crippen LogP contribution in [0.15, 0.2) is 24.0 Å². The van der Waals surface area contributed by atoms with E-state index in [-0.39, 0.29) is 0 Å². The van der Waals surface area contributed by atoms with Gasteiger partial charge in [-0.05, 0) is 38.2 Å². The van der Waals surface area contributed by atoms with E-state index < -0.39 is 5.97 Å². The van der Waals surface area contributed by atoms with Crippen LogP contribution in [-0.4, -0.2) is 17.2 Å². The standard InChI is InChI=1S/C18H30O3/c1-2-3-4-5-7-10-13-16-17(21-16)14-11-8-6-9-12-15-18(19)20/h7,10,13,17H,2-6,8-9,11-12,14-15H2,1H3,(H,19,20)/t17-/m1/s1. The molecule has 0 aromatic carbocycles. The van der Waals surface area contributed by atoms with Gasteiger partial charge in [0.15, 0.2) is 6.10 Å². The van der Waals surface area contributed by atoms with Crippen molar-refractivity contribution in [2.75, 3.05) is 0 Å². The smallest absolute Gasteiger partial charge is 0.303 e. The van der Waals surface area contributed by atoms with E-state index in [2.05, 4.69) is 25.2 Å². The molecule has 0 radical (unpaired) electrons. The van der Waals surface area contributed by atoms with Crippen molar-refractivity contribution in [3.63, 3.8) is 0 Å². The summed E-state index contributed by atoms with van der Waals surface area (Å²) in [6.07, 6.45) is 18.6. The lowest BCUT2D eigenvalue weighted by Gasteiger charge is -1.98. The molecule has 1 atom stereocenters. The minimum Gasteiger partial charge on any atom is -0.483 e. The highest BCUT2D eigenvalue weighted by Gasteiger charge is 2.30. The van der Waals surface area contributed by atoms with Crippen LogP contribution in [0.2, 0.25) is 0 Å². The van der Waals surface area contributed by atoms with Gasteiger partial charge in [0.2, 0.25) is 0 Å². The molecule has 0 aromatic rings. The molecule has 0 saturated carbocycles. The molecule has 1 saturated heterocycles. The molecule has 1 aliphatic heterocycles. The Labute approximate surface area is 129 Å². The molecular formula is C18H30O3. The lowest BCUT2D eigenvalue weighted by atomic mass is 10.1. The second-order valence-electron chi connectivity index (χ2n) is 5.80. The average Bonchev–Trinajstić information content (AvgIpc) is 3.20. The summed E-state index contributed by atoms with van der Waals surface area (Å²) >= 11 is 0. The van der Waals surface area contributed by atoms with E-state index in [0.29, 0.717) is 12.5 Å². The minimum atomic E-state index is -0.682. The summed E-state index contributed by atoms with van der Waals surface area (Å²) in [5.74, 6) is 0.450. The number of rotatable bonds is 13. The first-order chi connectivity index (χ1) is 10.2. The van der Waals surface area contributed by atoms with Crippen LogP contribution in [0.5, 0.6) is 0 Å². The lowest BCUT2D eigenvalue weighted by molar-refractivity contribution is -0.137. The third-order valence-electron chi connectivity index (χ3n) is 3.77. The Morgan fingerprint density at radius 2 is 1.90 bits per heavy atom. The van der Waals surface area contributed by atoms with Gasteiger partial charge in [-0.2, -0.15) is 0 Å². The Morgan fingerprint density at radius 3 is 2.67 bits per heavy atom. The monoisotopic (exact) mass is 294 g/mol. The molecule has 0 aromatic heterocycles. The first-order valence-corrected chi connectivity index (χ1v) is 8.49. The first-order valence-electron chi connectivity index (χ1n) is 8.49. The Morgan fingerprint density at radius 1 is 1.14 bits per heavy atom. The molecule has 1 rings (SSSR count). The van der Waals surface area contributed by atoms with Gasteiger partial charge < -0.3 is 9.84 Å². The van der Waals surface area contributed by atoms with Crippen LogP contribution in [0, 0.1) is 0 Å². The number of ether oxygens (including phenoxy) is 1. The zero-order chi connectivity index (χ0) is 15.3. The first kappa shape index (κ1) is 17.8. The van der Waals surface area contributed by atoms with Gasteiger partial charge >= 0.3 is 5.97 Å². The zero-order valence-corrected chi connectivity index (χ0v) is 13.4. The quantitative estimate of drug-likeness (QED) is 0.374. The van der Waals surface area contributed by atoms with Gasteiger partial charge in [-0.1, -0.05) is 51.2 Å². The number of unbranched alkanes of at least 4 members (excludes halogenated alkanes) is 7. The molecule has 21 heavy (non-hydrogen) atoms. The Kier molecular flexibility index (Phi) is 9.68. The summed E-state index contributed by atoms with van der Waals surface area (Å²) in [5.41, 5.74) is 0. The summed E-state index contributed by atoms with van der Waals surface area (Å²) in [4.78, 5) is 10.4. The van der Waals surface area contributed by atoms with Crippen molar-refractivity contribution in [1.29, 1.82) is 0 Å². The Balaban J connectivity index is 1.90. The van der Waals surface area contributed by atoms with Crippen LogP contribution in [0.4, 0.5) is 0 Å². The Hall–Kier alpha value is -1.25. The molecule has 0 spiro atoms. The summed E-state index contributed by atoms with van der Waals surface area (Å²) in [6, 6.07) is 0. The highest BCUT2D eigenvalue weighted by molar-refractivity contribution is 5.66. The van der Waals surface area contributed by atoms with E-state index in [4.69, 9.17) is 9.84 Å². The molecule has 0 bridgehead atoms. The maximum atomic E-state index is 10.4. The summed E-state index contributed by atoms with van der Waals surface area (Å²) < 4.78 is 5.54. The Bertz CT molecular complexity index is 344. The molecule has 1 fully saturated rings. The third kappa shape index (κ3) is 10.2. The highest BCUT2D eigenvalue weighted by Crippen LogP contribution is 2.31. The number of aliphatic carboxylic acids is 1. The summed E-state index contributed by atoms with van der Waals surface area (Å²) in [5, 5.41) is 8.53. The molecular weight excluding hydrogens is 264 g/mol. The molecule has 1 N–H and O–H groups in total. The van der Waals surface area contributed by atoms with Crippen LogP contribution in [0.25, 0.3) is 0 Å². The maximum Gasteiger partial charge on any atom is 0.303 e. The maximum absolute atomic E-state index is 10.4. The SMILES string of the molecule is CCCCCC=CC=C1O[C@@H]1CCCCCCCC(=O)O. The van der Waals surface area contributed by atoms with Crippen molar-refractivity contribution in [3.05, 3.63) is 24.0 Å². The average molecular weight is 294 g/mol. The molecule has 0 amide bonds. The van der Waals surface area contributed by atoms with E-state index in [9.17, 15) is 4.79 Å². The van der Waals surface area contributed by atoms with Crippen molar-refractivity contribution in [1.82, 2.24) is 0 Å². The highest BCUT2D eigenvalue weighted by atomic mass is 16.6. The number of epoxide rings is 1. The molecule has 0 aliphatic carbocycles. The fourth-order valence-corrected chi connectivity index (χ4v) is 2.39. The van der Waals surface area contributed by atoms with Crippen molar-refractivity contribution in [3.8, 4) is 0 Å². The van der Waals surface area contributed by atoms with Gasteiger partial charge in [-0.15, -0.1) is 0 Å². The fraction of sp³-hybridized carbons (Fsp3) is 0.722. The lowest BCUT2D eigenvalue weighted by Crippen LogP contribution is -1.93. The van der Waals surface area contributed by atoms with Crippen molar-refractivity contribution >= 4 is 5.97 Å². The van der Waals surface area contributed by atoms with Crippen LogP contribution in [0.3, 0.4) is 0 Å². The van der Waals surface area contributed by atoms with E-state index >= 15 is 0 Å². The number of allylic oxidation sites excluding steroid dienone is 3. The second kappa shape index (κ2) is 11.4. The minimum absolute atomic E-state index is 0.309. The fourth-order valence-electron chi connectivity index (χ4n) is 2.39. The van der Waals surface area contributed by atoms with Crippen molar-refractivity contribution in [2.24, 2.45) is 0 Å². The predicted octanol–water partition coefficient (Wildman–Crippen LogP) is 5.22. The zero-order valence-electron chi connectivity index (χ0n) is 13.4. The van der Waals surface area contributed by atoms with Crippen LogP contribution in [-0.2, 0) is 9.53 Å². The molecule has 1 heterocycles. The molecule has 1 aliphatic rings. The van der Waals surface area contributed by atoms with E-state index in [1.54, 1.807) is 0 Å². The van der Waals surface area contributed by atoms with Crippen LogP contribution in [0.1, 0.15) is 77.6 Å². The van der Waals surface area contributed by atoms with Gasteiger partial charge in [-0.3, -0.25) is 4.79 Å². The van der Waals surface area contributed by atoms with Gasteiger partial charge in [0.05, 0.1) is 0 Å². The van der Waals surface area contributed by atoms with Crippen LogP contribution >= 0.6 is 0 Å². The van der Waals surface area contributed by atoms with E-state index in [1.807, 2.05) is 0 Å². The van der Waals surface area contributed by atoms with Gasteiger partial charge in [0.1, 0.15) is 5.76 Å². The number of hydrogen-bond acceptors (Lipinski definition) is 2. The normalized spacial score (nSPS) is 19.1. The van der Waals surface area contributed by atoms with Crippen molar-refractivity contribution < 1.29 is 14.6 Å². The molecule has 3 heteroatoms. The van der Waals surface area contributed by atoms with Crippen LogP contribution < -0.4 is 0 Å². The number of carboxylic acid groups (broad SMARTS) is 1. The topological polar surface area (TPSA) is 49.8 Å². The number of carboxylic acids is 1. The van der Waals surface area contributed by atoms with Crippen molar-refractivity contribution in [2.45, 2.75) is 83.7 Å². The summed E-state index contributed by atoms with van der Waals surface area (Å²) in [6.45, 7) is 2.22. The predicted molar refractivity (Wildman–Crippen MR) is 86.2 cm³/mol.